The van der Waals surface area contributed by atoms with Gasteiger partial charge in [-0.15, -0.1) is 11.6 Å². The molecule has 0 saturated heterocycles. The van der Waals surface area contributed by atoms with Crippen molar-refractivity contribution in [3.05, 3.63) is 24.3 Å². The minimum Gasteiger partial charge on any atom is -0.462 e. The monoisotopic (exact) mass is 374 g/mol. The predicted octanol–water partition coefficient (Wildman–Crippen LogP) is 1.37. The normalized spacial score (nSPS) is 20.8. The Morgan fingerprint density at radius 3 is 2.68 bits per heavy atom. The van der Waals surface area contributed by atoms with Crippen LogP contribution < -0.4 is 0 Å². The first-order valence-electron chi connectivity index (χ1n) is 7.96. The van der Waals surface area contributed by atoms with E-state index in [1.54, 1.807) is 6.08 Å². The SMILES string of the molecule is C=CC(=O)OCCOC(=O)C1CC(C)CC=C1C(=O)OCC(O)CCl. The summed E-state index contributed by atoms with van der Waals surface area (Å²) in [7, 11) is 0. The second-order valence-corrected chi connectivity index (χ2v) is 6.04. The van der Waals surface area contributed by atoms with E-state index in [0.717, 1.165) is 6.08 Å². The summed E-state index contributed by atoms with van der Waals surface area (Å²) in [5.41, 5.74) is 0.216. The van der Waals surface area contributed by atoms with Gasteiger partial charge in [-0.05, 0) is 18.8 Å². The molecule has 0 fully saturated rings. The van der Waals surface area contributed by atoms with Gasteiger partial charge in [-0.3, -0.25) is 4.79 Å². The third-order valence-electron chi connectivity index (χ3n) is 3.60. The maximum absolute atomic E-state index is 12.3. The lowest BCUT2D eigenvalue weighted by Crippen LogP contribution is -2.31. The summed E-state index contributed by atoms with van der Waals surface area (Å²) >= 11 is 5.45. The first kappa shape index (κ1) is 21.2. The summed E-state index contributed by atoms with van der Waals surface area (Å²) < 4.78 is 14.8. The minimum absolute atomic E-state index is 0.0573. The zero-order valence-electron chi connectivity index (χ0n) is 14.1. The van der Waals surface area contributed by atoms with Gasteiger partial charge in [-0.1, -0.05) is 19.6 Å². The van der Waals surface area contributed by atoms with Crippen LogP contribution in [0.15, 0.2) is 24.3 Å². The Bertz CT molecular complexity index is 529. The lowest BCUT2D eigenvalue weighted by atomic mass is 9.82. The van der Waals surface area contributed by atoms with Crippen LogP contribution >= 0.6 is 11.6 Å². The molecule has 1 aliphatic carbocycles. The summed E-state index contributed by atoms with van der Waals surface area (Å²) in [4.78, 5) is 35.3. The topological polar surface area (TPSA) is 99.1 Å². The number of allylic oxidation sites excluding steroid dienone is 1. The second-order valence-electron chi connectivity index (χ2n) is 5.73. The Balaban J connectivity index is 2.60. The van der Waals surface area contributed by atoms with E-state index < -0.39 is 29.9 Å². The standard InChI is InChI=1S/C17H23ClO7/c1-3-15(20)23-6-7-24-17(22)14-8-11(2)4-5-13(14)16(21)25-10-12(19)9-18/h3,5,11-12,14,19H,1,4,6-10H2,2H3. The number of esters is 3. The van der Waals surface area contributed by atoms with E-state index in [-0.39, 0.29) is 37.2 Å². The van der Waals surface area contributed by atoms with Crippen molar-refractivity contribution in [2.75, 3.05) is 25.7 Å². The molecule has 0 aliphatic heterocycles. The van der Waals surface area contributed by atoms with Crippen LogP contribution in [0.3, 0.4) is 0 Å². The molecule has 0 aromatic heterocycles. The van der Waals surface area contributed by atoms with Crippen molar-refractivity contribution in [2.45, 2.75) is 25.9 Å². The highest BCUT2D eigenvalue weighted by Crippen LogP contribution is 2.30. The molecule has 0 aromatic rings. The van der Waals surface area contributed by atoms with Crippen LogP contribution in [0.1, 0.15) is 19.8 Å². The van der Waals surface area contributed by atoms with E-state index in [9.17, 15) is 19.5 Å². The van der Waals surface area contributed by atoms with Crippen molar-refractivity contribution < 1.29 is 33.7 Å². The fourth-order valence-corrected chi connectivity index (χ4v) is 2.38. The molecule has 0 heterocycles. The Morgan fingerprint density at radius 2 is 2.04 bits per heavy atom. The smallest absolute Gasteiger partial charge is 0.334 e. The summed E-state index contributed by atoms with van der Waals surface area (Å²) in [6.07, 6.45) is 2.80. The van der Waals surface area contributed by atoms with Gasteiger partial charge in [0.1, 0.15) is 25.9 Å². The van der Waals surface area contributed by atoms with Crippen molar-refractivity contribution >= 4 is 29.5 Å². The number of alkyl halides is 1. The molecule has 0 spiro atoms. The van der Waals surface area contributed by atoms with E-state index in [0.29, 0.717) is 12.8 Å². The Kier molecular flexibility index (Phi) is 9.23. The van der Waals surface area contributed by atoms with Crippen molar-refractivity contribution in [1.29, 1.82) is 0 Å². The minimum atomic E-state index is -0.960. The molecular weight excluding hydrogens is 352 g/mol. The third kappa shape index (κ3) is 7.27. The van der Waals surface area contributed by atoms with Crippen LogP contribution in [-0.4, -0.2) is 54.8 Å². The Morgan fingerprint density at radius 1 is 1.36 bits per heavy atom. The lowest BCUT2D eigenvalue weighted by Gasteiger charge is -2.25. The fourth-order valence-electron chi connectivity index (χ4n) is 2.29. The summed E-state index contributed by atoms with van der Waals surface area (Å²) in [5.74, 6) is -2.46. The molecule has 25 heavy (non-hydrogen) atoms. The van der Waals surface area contributed by atoms with Gasteiger partial charge in [-0.25, -0.2) is 9.59 Å². The van der Waals surface area contributed by atoms with Gasteiger partial charge in [0.05, 0.1) is 11.8 Å². The van der Waals surface area contributed by atoms with Crippen molar-refractivity contribution in [3.63, 3.8) is 0 Å². The van der Waals surface area contributed by atoms with Gasteiger partial charge >= 0.3 is 17.9 Å². The van der Waals surface area contributed by atoms with E-state index >= 15 is 0 Å². The van der Waals surface area contributed by atoms with Crippen LogP contribution in [0.4, 0.5) is 0 Å². The van der Waals surface area contributed by atoms with Crippen molar-refractivity contribution in [3.8, 4) is 0 Å². The van der Waals surface area contributed by atoms with Gasteiger partial charge in [-0.2, -0.15) is 0 Å². The van der Waals surface area contributed by atoms with Crippen LogP contribution in [0, 0.1) is 11.8 Å². The number of carbonyl (C=O) groups is 3. The number of hydrogen-bond acceptors (Lipinski definition) is 7. The molecule has 3 unspecified atom stereocenters. The number of ether oxygens (including phenoxy) is 3. The number of hydrogen-bond donors (Lipinski definition) is 1. The highest BCUT2D eigenvalue weighted by Gasteiger charge is 2.34. The molecule has 140 valence electrons. The first-order chi connectivity index (χ1) is 11.9. The maximum Gasteiger partial charge on any atom is 0.334 e. The molecule has 7 nitrogen and oxygen atoms in total. The number of halogens is 1. The van der Waals surface area contributed by atoms with Crippen LogP contribution in [0.2, 0.25) is 0 Å². The van der Waals surface area contributed by atoms with Crippen LogP contribution in [0.5, 0.6) is 0 Å². The molecule has 0 bridgehead atoms. The first-order valence-corrected chi connectivity index (χ1v) is 8.49. The highest BCUT2D eigenvalue weighted by atomic mass is 35.5. The van der Waals surface area contributed by atoms with Crippen molar-refractivity contribution in [2.24, 2.45) is 11.8 Å². The summed E-state index contributed by atoms with van der Waals surface area (Å²) in [6.45, 7) is 4.77. The van der Waals surface area contributed by atoms with E-state index in [1.807, 2.05) is 6.92 Å². The van der Waals surface area contributed by atoms with Crippen LogP contribution in [0.25, 0.3) is 0 Å². The molecule has 8 heteroatoms. The number of aliphatic hydroxyl groups is 1. The van der Waals surface area contributed by atoms with Gasteiger partial charge < -0.3 is 19.3 Å². The van der Waals surface area contributed by atoms with E-state index in [4.69, 9.17) is 25.8 Å². The van der Waals surface area contributed by atoms with Gasteiger partial charge in [0.25, 0.3) is 0 Å². The van der Waals surface area contributed by atoms with Gasteiger partial charge in [0.2, 0.25) is 0 Å². The molecule has 3 atom stereocenters. The summed E-state index contributed by atoms with van der Waals surface area (Å²) in [5, 5.41) is 9.36. The number of aliphatic hydroxyl groups excluding tert-OH is 1. The second kappa shape index (κ2) is 10.9. The lowest BCUT2D eigenvalue weighted by molar-refractivity contribution is -0.155. The zero-order valence-corrected chi connectivity index (χ0v) is 14.9. The van der Waals surface area contributed by atoms with Crippen molar-refractivity contribution in [1.82, 2.24) is 0 Å². The van der Waals surface area contributed by atoms with E-state index in [2.05, 4.69) is 6.58 Å². The molecule has 0 amide bonds. The maximum atomic E-state index is 12.3. The third-order valence-corrected chi connectivity index (χ3v) is 3.95. The molecule has 1 rings (SSSR count). The fraction of sp³-hybridized carbons (Fsp3) is 0.588. The quantitative estimate of drug-likeness (QED) is 0.214. The van der Waals surface area contributed by atoms with E-state index in [1.165, 1.54) is 0 Å². The molecular formula is C17H23ClO7. The molecule has 1 aliphatic rings. The van der Waals surface area contributed by atoms with Gasteiger partial charge in [0, 0.05) is 11.6 Å². The molecule has 0 saturated carbocycles. The Labute approximate surface area is 151 Å². The average Bonchev–Trinajstić information content (AvgIpc) is 2.62. The number of rotatable bonds is 9. The van der Waals surface area contributed by atoms with Gasteiger partial charge in [0.15, 0.2) is 0 Å². The zero-order chi connectivity index (χ0) is 18.8. The molecule has 0 aromatic carbocycles. The predicted molar refractivity (Wildman–Crippen MR) is 89.8 cm³/mol. The largest absolute Gasteiger partial charge is 0.462 e. The van der Waals surface area contributed by atoms with Crippen LogP contribution in [-0.2, 0) is 28.6 Å². The highest BCUT2D eigenvalue weighted by molar-refractivity contribution is 6.18. The average molecular weight is 375 g/mol. The summed E-state index contributed by atoms with van der Waals surface area (Å²) in [6, 6.07) is 0. The number of carbonyl (C=O) groups excluding carboxylic acids is 3. The molecule has 1 N–H and O–H groups in total. The molecule has 0 radical (unpaired) electrons. The Hall–Kier alpha value is -1.86.